The normalized spacial score (nSPS) is 11.0. The zero-order valence-electron chi connectivity index (χ0n) is 11.2. The summed E-state index contributed by atoms with van der Waals surface area (Å²) in [6, 6.07) is 9.81. The molecule has 2 aromatic heterocycles. The predicted octanol–water partition coefficient (Wildman–Crippen LogP) is 1.05. The second kappa shape index (κ2) is 5.78. The Balaban J connectivity index is 1.65. The second-order valence-corrected chi connectivity index (χ2v) is 4.58. The molecule has 3 aromatic rings. The molecule has 0 amide bonds. The maximum absolute atomic E-state index is 11.9. The second-order valence-electron chi connectivity index (χ2n) is 4.58. The molecule has 0 spiro atoms. The van der Waals surface area contributed by atoms with Crippen LogP contribution in [0.2, 0.25) is 0 Å². The van der Waals surface area contributed by atoms with Gasteiger partial charge in [0, 0.05) is 18.3 Å². The van der Waals surface area contributed by atoms with Gasteiger partial charge >= 0.3 is 0 Å². The molecule has 2 heterocycles. The van der Waals surface area contributed by atoms with E-state index in [1.54, 1.807) is 6.20 Å². The maximum atomic E-state index is 11.9. The average molecular weight is 285 g/mol. The Hall–Kier alpha value is -2.64. The van der Waals surface area contributed by atoms with Gasteiger partial charge < -0.3 is 10.7 Å². The van der Waals surface area contributed by atoms with Crippen LogP contribution >= 0.6 is 0 Å². The van der Waals surface area contributed by atoms with Gasteiger partial charge in [-0.2, -0.15) is 10.5 Å². The predicted molar refractivity (Wildman–Crippen MR) is 79.2 cm³/mol. The molecule has 21 heavy (non-hydrogen) atoms. The molecule has 0 radical (unpaired) electrons. The summed E-state index contributed by atoms with van der Waals surface area (Å²) in [7, 11) is 0. The molecule has 0 saturated carbocycles. The van der Waals surface area contributed by atoms with Crippen molar-refractivity contribution in [3.63, 3.8) is 0 Å². The Morgan fingerprint density at radius 1 is 1.29 bits per heavy atom. The van der Waals surface area contributed by atoms with Crippen LogP contribution in [0.25, 0.3) is 11.0 Å². The van der Waals surface area contributed by atoms with Crippen LogP contribution in [0.15, 0.2) is 41.3 Å². The molecule has 0 aliphatic carbocycles. The van der Waals surface area contributed by atoms with E-state index >= 15 is 0 Å². The van der Waals surface area contributed by atoms with E-state index in [2.05, 4.69) is 20.4 Å². The van der Waals surface area contributed by atoms with E-state index in [0.29, 0.717) is 24.2 Å². The molecule has 0 fully saturated rings. The van der Waals surface area contributed by atoms with Crippen LogP contribution in [0, 0.1) is 0 Å². The summed E-state index contributed by atoms with van der Waals surface area (Å²) in [5.41, 5.74) is 10.4. The molecule has 7 nitrogen and oxygen atoms in total. The van der Waals surface area contributed by atoms with Gasteiger partial charge in [0.25, 0.3) is 5.56 Å². The highest BCUT2D eigenvalue weighted by Crippen LogP contribution is 2.12. The van der Waals surface area contributed by atoms with E-state index in [1.165, 1.54) is 0 Å². The van der Waals surface area contributed by atoms with Gasteiger partial charge in [-0.25, -0.2) is 0 Å². The number of anilines is 1. The number of nitrogen functional groups attached to an aromatic ring is 1. The molecular weight excluding hydrogens is 270 g/mol. The number of rotatable bonds is 5. The number of aromatic nitrogens is 3. The van der Waals surface area contributed by atoms with E-state index in [9.17, 15) is 4.79 Å². The van der Waals surface area contributed by atoms with E-state index in [1.807, 2.05) is 30.3 Å². The molecular formula is C14H15N5O2. The van der Waals surface area contributed by atoms with E-state index in [4.69, 9.17) is 10.6 Å². The van der Waals surface area contributed by atoms with Gasteiger partial charge in [0.1, 0.15) is 5.65 Å². The molecule has 0 aliphatic rings. The van der Waals surface area contributed by atoms with Crippen LogP contribution in [-0.2, 0) is 18.0 Å². The van der Waals surface area contributed by atoms with Crippen LogP contribution in [0.1, 0.15) is 11.1 Å². The van der Waals surface area contributed by atoms with Crippen molar-refractivity contribution in [2.45, 2.75) is 13.2 Å². The summed E-state index contributed by atoms with van der Waals surface area (Å²) in [4.78, 5) is 26.7. The lowest BCUT2D eigenvalue weighted by Gasteiger charge is -2.05. The number of nitrogens with zero attached hydrogens (tertiary/aromatic N) is 1. The fourth-order valence-corrected chi connectivity index (χ4v) is 2.10. The number of hydroxylamine groups is 1. The number of hydrogen-bond donors (Lipinski definition) is 4. The smallest absolute Gasteiger partial charge is 0.262 e. The summed E-state index contributed by atoms with van der Waals surface area (Å²) >= 11 is 0. The topological polar surface area (TPSA) is 109 Å². The number of H-pyrrole nitrogens is 2. The van der Waals surface area contributed by atoms with E-state index in [0.717, 1.165) is 11.1 Å². The third-order valence-corrected chi connectivity index (χ3v) is 3.09. The van der Waals surface area contributed by atoms with Crippen molar-refractivity contribution in [1.29, 1.82) is 0 Å². The summed E-state index contributed by atoms with van der Waals surface area (Å²) < 4.78 is 0. The number of nitrogens with one attached hydrogen (secondary N) is 3. The summed E-state index contributed by atoms with van der Waals surface area (Å²) in [6.07, 6.45) is 1.71. The largest absolute Gasteiger partial charge is 0.369 e. The fraction of sp³-hybridized carbons (Fsp3) is 0.143. The SMILES string of the molecule is Nc1nc2[nH]cc(CNOCc3ccccc3)c2c(=O)[nH]1. The average Bonchev–Trinajstić information content (AvgIpc) is 2.88. The van der Waals surface area contributed by atoms with Gasteiger partial charge in [-0.1, -0.05) is 30.3 Å². The summed E-state index contributed by atoms with van der Waals surface area (Å²) in [5, 5.41) is 0.486. The van der Waals surface area contributed by atoms with E-state index in [-0.39, 0.29) is 11.5 Å². The molecule has 5 N–H and O–H groups in total. The number of hydrogen-bond acceptors (Lipinski definition) is 5. The van der Waals surface area contributed by atoms with Gasteiger partial charge in [-0.3, -0.25) is 14.6 Å². The Morgan fingerprint density at radius 3 is 2.90 bits per heavy atom. The van der Waals surface area contributed by atoms with Crippen molar-refractivity contribution in [1.82, 2.24) is 20.4 Å². The van der Waals surface area contributed by atoms with Crippen LogP contribution in [0.4, 0.5) is 5.95 Å². The number of nitrogens with two attached hydrogens (primary N) is 1. The molecule has 0 saturated heterocycles. The highest BCUT2D eigenvalue weighted by Gasteiger charge is 2.09. The van der Waals surface area contributed by atoms with Crippen LogP contribution in [0.5, 0.6) is 0 Å². The van der Waals surface area contributed by atoms with Crippen molar-refractivity contribution >= 4 is 17.0 Å². The van der Waals surface area contributed by atoms with Gasteiger partial charge in [0.15, 0.2) is 0 Å². The molecule has 108 valence electrons. The van der Waals surface area contributed by atoms with Gasteiger partial charge in [-0.15, -0.1) is 0 Å². The summed E-state index contributed by atoms with van der Waals surface area (Å²) in [6.45, 7) is 0.840. The fourth-order valence-electron chi connectivity index (χ4n) is 2.10. The lowest BCUT2D eigenvalue weighted by Crippen LogP contribution is -2.16. The monoisotopic (exact) mass is 285 g/mol. The quantitative estimate of drug-likeness (QED) is 0.414. The maximum Gasteiger partial charge on any atom is 0.262 e. The standard InChI is InChI=1S/C14H15N5O2/c15-14-18-12-11(13(20)19-14)10(6-16-12)7-17-21-8-9-4-2-1-3-5-9/h1-6,17H,7-8H2,(H4,15,16,18,19,20). The van der Waals surface area contributed by atoms with Crippen LogP contribution in [0.3, 0.4) is 0 Å². The molecule has 0 bridgehead atoms. The van der Waals surface area contributed by atoms with Gasteiger partial charge in [0.2, 0.25) is 5.95 Å². The van der Waals surface area contributed by atoms with Crippen molar-refractivity contribution in [3.8, 4) is 0 Å². The Morgan fingerprint density at radius 2 is 2.10 bits per heavy atom. The molecule has 3 rings (SSSR count). The van der Waals surface area contributed by atoms with Crippen molar-refractivity contribution in [3.05, 3.63) is 58.0 Å². The number of benzene rings is 1. The Labute approximate surface area is 120 Å². The van der Waals surface area contributed by atoms with Crippen molar-refractivity contribution in [2.75, 3.05) is 5.73 Å². The lowest BCUT2D eigenvalue weighted by molar-refractivity contribution is 0.0237. The molecule has 0 aliphatic heterocycles. The lowest BCUT2D eigenvalue weighted by atomic mass is 10.2. The molecule has 7 heteroatoms. The van der Waals surface area contributed by atoms with Crippen molar-refractivity contribution < 1.29 is 4.84 Å². The number of fused-ring (bicyclic) bond motifs is 1. The number of aromatic amines is 2. The first kappa shape index (κ1) is 13.3. The highest BCUT2D eigenvalue weighted by atomic mass is 16.6. The van der Waals surface area contributed by atoms with Crippen LogP contribution < -0.4 is 16.8 Å². The Bertz CT molecular complexity index is 794. The third kappa shape index (κ3) is 2.93. The minimum absolute atomic E-state index is 0.0918. The molecule has 1 aromatic carbocycles. The first-order chi connectivity index (χ1) is 10.2. The molecule has 0 unspecified atom stereocenters. The third-order valence-electron chi connectivity index (χ3n) is 3.09. The van der Waals surface area contributed by atoms with Gasteiger partial charge in [-0.05, 0) is 5.56 Å². The first-order valence-electron chi connectivity index (χ1n) is 6.48. The Kier molecular flexibility index (Phi) is 3.67. The van der Waals surface area contributed by atoms with E-state index < -0.39 is 0 Å². The van der Waals surface area contributed by atoms with Gasteiger partial charge in [0.05, 0.1) is 12.0 Å². The van der Waals surface area contributed by atoms with Crippen LogP contribution in [-0.4, -0.2) is 15.0 Å². The highest BCUT2D eigenvalue weighted by molar-refractivity contribution is 5.79. The minimum atomic E-state index is -0.265. The van der Waals surface area contributed by atoms with Crippen molar-refractivity contribution in [2.24, 2.45) is 0 Å². The summed E-state index contributed by atoms with van der Waals surface area (Å²) in [5.74, 6) is 0.0918. The molecule has 0 atom stereocenters. The first-order valence-corrected chi connectivity index (χ1v) is 6.48. The minimum Gasteiger partial charge on any atom is -0.369 e. The zero-order valence-corrected chi connectivity index (χ0v) is 11.2. The zero-order chi connectivity index (χ0) is 14.7.